The summed E-state index contributed by atoms with van der Waals surface area (Å²) in [7, 11) is 3.78. The van der Waals surface area contributed by atoms with Crippen molar-refractivity contribution in [1.82, 2.24) is 0 Å². The van der Waals surface area contributed by atoms with Crippen molar-refractivity contribution in [2.75, 3.05) is 19.1 Å². The van der Waals surface area contributed by atoms with Gasteiger partial charge in [-0.15, -0.1) is 0 Å². The smallest absolute Gasteiger partial charge is 0.119 e. The third kappa shape index (κ3) is 3.31. The van der Waals surface area contributed by atoms with Crippen LogP contribution in [0.4, 0.5) is 5.69 Å². The van der Waals surface area contributed by atoms with Gasteiger partial charge in [-0.05, 0) is 36.2 Å². The molecule has 0 amide bonds. The second-order valence-corrected chi connectivity index (χ2v) is 5.04. The van der Waals surface area contributed by atoms with Crippen molar-refractivity contribution < 1.29 is 4.74 Å². The molecule has 0 radical (unpaired) electrons. The lowest BCUT2D eigenvalue weighted by atomic mass is 10.1. The molecule has 2 N–H and O–H groups in total. The van der Waals surface area contributed by atoms with Gasteiger partial charge in [0.2, 0.25) is 0 Å². The summed E-state index contributed by atoms with van der Waals surface area (Å²) in [6, 6.07) is 14.6. The van der Waals surface area contributed by atoms with Gasteiger partial charge in [-0.3, -0.25) is 0 Å². The molecule has 2 aromatic carbocycles. The van der Waals surface area contributed by atoms with E-state index in [9.17, 15) is 0 Å². The van der Waals surface area contributed by atoms with Crippen molar-refractivity contribution >= 4 is 5.69 Å². The van der Waals surface area contributed by atoms with Gasteiger partial charge in [-0.25, -0.2) is 0 Å². The van der Waals surface area contributed by atoms with Crippen LogP contribution in [-0.2, 0) is 13.1 Å². The van der Waals surface area contributed by atoms with Crippen LogP contribution in [0, 0.1) is 6.92 Å². The van der Waals surface area contributed by atoms with Crippen LogP contribution in [0.15, 0.2) is 42.5 Å². The zero-order chi connectivity index (χ0) is 14.5. The fourth-order valence-corrected chi connectivity index (χ4v) is 2.38. The van der Waals surface area contributed by atoms with Crippen LogP contribution in [0.3, 0.4) is 0 Å². The zero-order valence-electron chi connectivity index (χ0n) is 12.4. The maximum atomic E-state index is 5.85. The minimum Gasteiger partial charge on any atom is -0.497 e. The third-order valence-electron chi connectivity index (χ3n) is 3.42. The van der Waals surface area contributed by atoms with E-state index in [1.165, 1.54) is 22.4 Å². The average molecular weight is 270 g/mol. The SMILES string of the molecule is COc1cccc(CN(C)c2ccc(C)cc2CN)c1. The summed E-state index contributed by atoms with van der Waals surface area (Å²) in [4.78, 5) is 2.22. The summed E-state index contributed by atoms with van der Waals surface area (Å²) in [5.74, 6) is 0.888. The Balaban J connectivity index is 2.21. The highest BCUT2D eigenvalue weighted by atomic mass is 16.5. The van der Waals surface area contributed by atoms with E-state index in [2.05, 4.69) is 49.2 Å². The van der Waals surface area contributed by atoms with Gasteiger partial charge in [0.05, 0.1) is 7.11 Å². The lowest BCUT2D eigenvalue weighted by Crippen LogP contribution is -2.19. The van der Waals surface area contributed by atoms with Gasteiger partial charge in [0.15, 0.2) is 0 Å². The van der Waals surface area contributed by atoms with Crippen LogP contribution in [0.5, 0.6) is 5.75 Å². The first kappa shape index (κ1) is 14.4. The highest BCUT2D eigenvalue weighted by molar-refractivity contribution is 5.55. The Labute approximate surface area is 121 Å². The summed E-state index contributed by atoms with van der Waals surface area (Å²) in [5, 5.41) is 0. The molecule has 0 aliphatic rings. The number of methoxy groups -OCH3 is 1. The van der Waals surface area contributed by atoms with Gasteiger partial charge in [-0.2, -0.15) is 0 Å². The quantitative estimate of drug-likeness (QED) is 0.907. The average Bonchev–Trinajstić information content (AvgIpc) is 2.47. The Hall–Kier alpha value is -2.00. The summed E-state index contributed by atoms with van der Waals surface area (Å²) in [6.45, 7) is 3.47. The van der Waals surface area contributed by atoms with E-state index in [0.717, 1.165) is 12.3 Å². The predicted molar refractivity (Wildman–Crippen MR) is 84.2 cm³/mol. The molecule has 2 aromatic rings. The molecule has 0 spiro atoms. The molecule has 2 rings (SSSR count). The van der Waals surface area contributed by atoms with Crippen LogP contribution < -0.4 is 15.4 Å². The van der Waals surface area contributed by atoms with E-state index in [4.69, 9.17) is 10.5 Å². The molecule has 0 bridgehead atoms. The summed E-state index contributed by atoms with van der Waals surface area (Å²) >= 11 is 0. The molecule has 0 aliphatic heterocycles. The van der Waals surface area contributed by atoms with Crippen molar-refractivity contribution in [2.45, 2.75) is 20.0 Å². The van der Waals surface area contributed by atoms with Crippen molar-refractivity contribution in [3.63, 3.8) is 0 Å². The molecule has 0 aliphatic carbocycles. The minimum absolute atomic E-state index is 0.555. The molecule has 106 valence electrons. The number of rotatable bonds is 5. The topological polar surface area (TPSA) is 38.5 Å². The fourth-order valence-electron chi connectivity index (χ4n) is 2.38. The second kappa shape index (κ2) is 6.44. The Bertz CT molecular complexity index is 581. The number of nitrogens with two attached hydrogens (primary N) is 1. The molecule has 0 fully saturated rings. The predicted octanol–water partition coefficient (Wildman–Crippen LogP) is 3.10. The van der Waals surface area contributed by atoms with E-state index in [1.807, 2.05) is 12.1 Å². The van der Waals surface area contributed by atoms with Crippen molar-refractivity contribution in [3.8, 4) is 5.75 Å². The lowest BCUT2D eigenvalue weighted by molar-refractivity contribution is 0.414. The lowest BCUT2D eigenvalue weighted by Gasteiger charge is -2.23. The van der Waals surface area contributed by atoms with Crippen molar-refractivity contribution in [1.29, 1.82) is 0 Å². The van der Waals surface area contributed by atoms with Gasteiger partial charge >= 0.3 is 0 Å². The monoisotopic (exact) mass is 270 g/mol. The fraction of sp³-hybridized carbons (Fsp3) is 0.294. The van der Waals surface area contributed by atoms with Gasteiger partial charge < -0.3 is 15.4 Å². The number of benzene rings is 2. The normalized spacial score (nSPS) is 10.4. The molecular weight excluding hydrogens is 248 g/mol. The minimum atomic E-state index is 0.555. The standard InChI is InChI=1S/C17H22N2O/c1-13-7-8-17(15(9-13)11-18)19(2)12-14-5-4-6-16(10-14)20-3/h4-10H,11-12,18H2,1-3H3. The number of aryl methyl sites for hydroxylation is 1. The Kier molecular flexibility index (Phi) is 4.64. The van der Waals surface area contributed by atoms with E-state index in [-0.39, 0.29) is 0 Å². The van der Waals surface area contributed by atoms with E-state index in [1.54, 1.807) is 7.11 Å². The largest absolute Gasteiger partial charge is 0.497 e. The molecule has 0 saturated carbocycles. The first-order valence-electron chi connectivity index (χ1n) is 6.77. The maximum absolute atomic E-state index is 5.85. The molecule has 0 unspecified atom stereocenters. The van der Waals surface area contributed by atoms with Crippen molar-refractivity contribution in [3.05, 3.63) is 59.2 Å². The first-order valence-corrected chi connectivity index (χ1v) is 6.77. The molecule has 20 heavy (non-hydrogen) atoms. The van der Waals surface area contributed by atoms with Gasteiger partial charge in [0, 0.05) is 25.8 Å². The molecular formula is C17H22N2O. The van der Waals surface area contributed by atoms with Crippen LogP contribution in [0.25, 0.3) is 0 Å². The molecule has 3 nitrogen and oxygen atoms in total. The second-order valence-electron chi connectivity index (χ2n) is 5.04. The molecule has 0 saturated heterocycles. The summed E-state index contributed by atoms with van der Waals surface area (Å²) in [5.41, 5.74) is 10.7. The number of nitrogens with zero attached hydrogens (tertiary/aromatic N) is 1. The van der Waals surface area contributed by atoms with E-state index >= 15 is 0 Å². The first-order chi connectivity index (χ1) is 9.63. The Morgan fingerprint density at radius 1 is 1.15 bits per heavy atom. The Morgan fingerprint density at radius 2 is 1.95 bits per heavy atom. The number of anilines is 1. The molecule has 0 heterocycles. The van der Waals surface area contributed by atoms with Gasteiger partial charge in [0.25, 0.3) is 0 Å². The van der Waals surface area contributed by atoms with Crippen molar-refractivity contribution in [2.24, 2.45) is 5.73 Å². The number of hydrogen-bond donors (Lipinski definition) is 1. The highest BCUT2D eigenvalue weighted by Crippen LogP contribution is 2.23. The summed E-state index contributed by atoms with van der Waals surface area (Å²) in [6.07, 6.45) is 0. The number of ether oxygens (including phenoxy) is 1. The van der Waals surface area contributed by atoms with Crippen LogP contribution >= 0.6 is 0 Å². The maximum Gasteiger partial charge on any atom is 0.119 e. The van der Waals surface area contributed by atoms with Crippen LogP contribution in [-0.4, -0.2) is 14.2 Å². The van der Waals surface area contributed by atoms with Crippen LogP contribution in [0.2, 0.25) is 0 Å². The molecule has 3 heteroatoms. The van der Waals surface area contributed by atoms with Gasteiger partial charge in [-0.1, -0.05) is 29.8 Å². The molecule has 0 aromatic heterocycles. The van der Waals surface area contributed by atoms with Gasteiger partial charge in [0.1, 0.15) is 5.75 Å². The number of hydrogen-bond acceptors (Lipinski definition) is 3. The van der Waals surface area contributed by atoms with E-state index in [0.29, 0.717) is 6.54 Å². The Morgan fingerprint density at radius 3 is 2.65 bits per heavy atom. The zero-order valence-corrected chi connectivity index (χ0v) is 12.4. The molecule has 0 atom stereocenters. The van der Waals surface area contributed by atoms with Crippen LogP contribution in [0.1, 0.15) is 16.7 Å². The van der Waals surface area contributed by atoms with E-state index < -0.39 is 0 Å². The summed E-state index contributed by atoms with van der Waals surface area (Å²) < 4.78 is 5.26. The third-order valence-corrected chi connectivity index (χ3v) is 3.42. The highest BCUT2D eigenvalue weighted by Gasteiger charge is 2.08.